The highest BCUT2D eigenvalue weighted by molar-refractivity contribution is 5.96. The van der Waals surface area contributed by atoms with Crippen molar-refractivity contribution in [1.29, 1.82) is 5.26 Å². The fourth-order valence-electron chi connectivity index (χ4n) is 4.07. The molecular weight excluding hydrogens is 442 g/mol. The molecule has 168 valence electrons. The van der Waals surface area contributed by atoms with E-state index in [1.54, 1.807) is 31.2 Å². The highest BCUT2D eigenvalue weighted by atomic mass is 19.1. The normalized spacial score (nSPS) is 14.9. The van der Waals surface area contributed by atoms with Crippen molar-refractivity contribution in [2.24, 2.45) is 5.73 Å². The Balaban J connectivity index is 1.50. The van der Waals surface area contributed by atoms with E-state index in [0.29, 0.717) is 22.1 Å². The third-order valence-electron chi connectivity index (χ3n) is 5.70. The molecule has 8 heteroatoms. The maximum absolute atomic E-state index is 14.6. The van der Waals surface area contributed by atoms with E-state index >= 15 is 0 Å². The Hall–Kier alpha value is -4.64. The molecule has 1 unspecified atom stereocenters. The molecule has 2 heterocycles. The van der Waals surface area contributed by atoms with Crippen molar-refractivity contribution in [2.45, 2.75) is 12.8 Å². The molecule has 2 N–H and O–H groups in total. The molecule has 0 fully saturated rings. The quantitative estimate of drug-likeness (QED) is 0.324. The number of carbonyl (C=O) groups is 1. The van der Waals surface area contributed by atoms with Crippen LogP contribution in [0.3, 0.4) is 0 Å². The second-order valence-electron chi connectivity index (χ2n) is 7.73. The largest absolute Gasteiger partial charge is 0.449 e. The van der Waals surface area contributed by atoms with Crippen LogP contribution in [0.1, 0.15) is 33.2 Å². The topological polar surface area (TPSA) is 98.5 Å². The minimum Gasteiger partial charge on any atom is -0.449 e. The van der Waals surface area contributed by atoms with Crippen LogP contribution in [0.5, 0.6) is 11.5 Å². The SMILES string of the molecule is Cc1c(C(=O)Oc2ccc3c(c2)OC(N)=C(C#N)C3c2ccccc2F)oc2ccc(F)cc12. The fraction of sp³-hybridized carbons (Fsp3) is 0.0769. The van der Waals surface area contributed by atoms with Gasteiger partial charge in [0.15, 0.2) is 0 Å². The average Bonchev–Trinajstić information content (AvgIpc) is 3.14. The number of nitrogens with zero attached hydrogens (tertiary/aromatic N) is 1. The van der Waals surface area contributed by atoms with Crippen LogP contribution in [-0.4, -0.2) is 5.97 Å². The number of hydrogen-bond donors (Lipinski definition) is 1. The molecular formula is C26H16F2N2O4. The summed E-state index contributed by atoms with van der Waals surface area (Å²) in [6.07, 6.45) is 0. The number of allylic oxidation sites excluding steroid dienone is 1. The number of furan rings is 1. The molecule has 0 amide bonds. The molecule has 0 saturated carbocycles. The standard InChI is InChI=1S/C26H16F2N2O4/c1-13-18-10-14(27)6-9-21(18)33-24(13)26(31)32-15-7-8-17-22(11-15)34-25(30)19(12-29)23(17)16-4-2-3-5-20(16)28/h2-11,23H,30H2,1H3. The number of hydrogen-bond acceptors (Lipinski definition) is 6. The number of fused-ring (bicyclic) bond motifs is 2. The molecule has 5 rings (SSSR count). The Labute approximate surface area is 192 Å². The van der Waals surface area contributed by atoms with E-state index in [0.717, 1.165) is 0 Å². The summed E-state index contributed by atoms with van der Waals surface area (Å²) in [6.45, 7) is 1.63. The maximum Gasteiger partial charge on any atom is 0.379 e. The summed E-state index contributed by atoms with van der Waals surface area (Å²) < 4.78 is 44.8. The Bertz CT molecular complexity index is 1550. The monoisotopic (exact) mass is 458 g/mol. The highest BCUT2D eigenvalue weighted by Crippen LogP contribution is 2.44. The summed E-state index contributed by atoms with van der Waals surface area (Å²) in [5.41, 5.74) is 7.59. The number of aryl methyl sites for hydroxylation is 1. The lowest BCUT2D eigenvalue weighted by atomic mass is 9.83. The number of ether oxygens (including phenoxy) is 2. The lowest BCUT2D eigenvalue weighted by molar-refractivity contribution is 0.0702. The van der Waals surface area contributed by atoms with E-state index in [9.17, 15) is 18.8 Å². The molecule has 1 atom stereocenters. The van der Waals surface area contributed by atoms with E-state index in [1.807, 2.05) is 6.07 Å². The second-order valence-corrected chi connectivity index (χ2v) is 7.73. The minimum absolute atomic E-state index is 0.0605. The van der Waals surface area contributed by atoms with Crippen molar-refractivity contribution >= 4 is 16.9 Å². The molecule has 0 bridgehead atoms. The smallest absolute Gasteiger partial charge is 0.379 e. The van der Waals surface area contributed by atoms with Crippen molar-refractivity contribution in [3.63, 3.8) is 0 Å². The molecule has 6 nitrogen and oxygen atoms in total. The summed E-state index contributed by atoms with van der Waals surface area (Å²) in [4.78, 5) is 12.8. The zero-order valence-corrected chi connectivity index (χ0v) is 17.8. The van der Waals surface area contributed by atoms with Gasteiger partial charge in [-0.2, -0.15) is 5.26 Å². The zero-order valence-electron chi connectivity index (χ0n) is 17.8. The molecule has 1 aliphatic rings. The predicted molar refractivity (Wildman–Crippen MR) is 118 cm³/mol. The van der Waals surface area contributed by atoms with Gasteiger partial charge < -0.3 is 19.6 Å². The lowest BCUT2D eigenvalue weighted by Gasteiger charge is -2.26. The Kier molecular flexibility index (Phi) is 5.02. The van der Waals surface area contributed by atoms with Crippen LogP contribution in [0.4, 0.5) is 8.78 Å². The summed E-state index contributed by atoms with van der Waals surface area (Å²) in [5, 5.41) is 10.1. The van der Waals surface area contributed by atoms with E-state index in [2.05, 4.69) is 0 Å². The summed E-state index contributed by atoms with van der Waals surface area (Å²) >= 11 is 0. The van der Waals surface area contributed by atoms with Crippen molar-refractivity contribution in [3.8, 4) is 17.6 Å². The van der Waals surface area contributed by atoms with Crippen molar-refractivity contribution < 1.29 is 27.5 Å². The van der Waals surface area contributed by atoms with Crippen LogP contribution in [0.25, 0.3) is 11.0 Å². The Morgan fingerprint density at radius 3 is 2.65 bits per heavy atom. The van der Waals surface area contributed by atoms with Crippen molar-refractivity contribution in [2.75, 3.05) is 0 Å². The zero-order chi connectivity index (χ0) is 24.0. The van der Waals surface area contributed by atoms with Gasteiger partial charge in [-0.1, -0.05) is 24.3 Å². The van der Waals surface area contributed by atoms with Crippen LogP contribution in [0, 0.1) is 29.9 Å². The number of nitriles is 1. The van der Waals surface area contributed by atoms with Gasteiger partial charge in [0.25, 0.3) is 0 Å². The van der Waals surface area contributed by atoms with Gasteiger partial charge in [0.2, 0.25) is 11.6 Å². The van der Waals surface area contributed by atoms with Crippen LogP contribution >= 0.6 is 0 Å². The van der Waals surface area contributed by atoms with Gasteiger partial charge >= 0.3 is 5.97 Å². The van der Waals surface area contributed by atoms with Gasteiger partial charge in [0, 0.05) is 28.1 Å². The van der Waals surface area contributed by atoms with Crippen LogP contribution in [0.15, 0.2) is 76.5 Å². The predicted octanol–water partition coefficient (Wildman–Crippen LogP) is 5.46. The van der Waals surface area contributed by atoms with Crippen LogP contribution in [-0.2, 0) is 0 Å². The number of benzene rings is 3. The molecule has 34 heavy (non-hydrogen) atoms. The first kappa shape index (κ1) is 21.2. The Morgan fingerprint density at radius 1 is 1.09 bits per heavy atom. The van der Waals surface area contributed by atoms with Gasteiger partial charge in [-0.05, 0) is 37.3 Å². The van der Waals surface area contributed by atoms with Crippen LogP contribution in [0.2, 0.25) is 0 Å². The third kappa shape index (κ3) is 3.44. The van der Waals surface area contributed by atoms with Gasteiger partial charge in [-0.25, -0.2) is 13.6 Å². The third-order valence-corrected chi connectivity index (χ3v) is 5.70. The number of esters is 1. The molecule has 3 aromatic carbocycles. The van der Waals surface area contributed by atoms with Crippen LogP contribution < -0.4 is 15.2 Å². The Morgan fingerprint density at radius 2 is 1.88 bits per heavy atom. The summed E-state index contributed by atoms with van der Waals surface area (Å²) in [5.74, 6) is -2.39. The van der Waals surface area contributed by atoms with Gasteiger partial charge in [-0.3, -0.25) is 0 Å². The highest BCUT2D eigenvalue weighted by Gasteiger charge is 2.33. The first-order valence-corrected chi connectivity index (χ1v) is 10.2. The number of nitrogens with two attached hydrogens (primary N) is 1. The van der Waals surface area contributed by atoms with E-state index in [-0.39, 0.29) is 34.3 Å². The van der Waals surface area contributed by atoms with E-state index < -0.39 is 23.5 Å². The molecule has 0 aliphatic carbocycles. The number of carbonyl (C=O) groups excluding carboxylic acids is 1. The molecule has 1 aliphatic heterocycles. The number of rotatable bonds is 3. The molecule has 0 radical (unpaired) electrons. The first-order chi connectivity index (χ1) is 16.4. The van der Waals surface area contributed by atoms with E-state index in [4.69, 9.17) is 19.6 Å². The van der Waals surface area contributed by atoms with Gasteiger partial charge in [-0.15, -0.1) is 0 Å². The summed E-state index contributed by atoms with van der Waals surface area (Å²) in [6, 6.07) is 16.6. The summed E-state index contributed by atoms with van der Waals surface area (Å²) in [7, 11) is 0. The lowest BCUT2D eigenvalue weighted by Crippen LogP contribution is -2.21. The first-order valence-electron chi connectivity index (χ1n) is 10.2. The molecule has 0 saturated heterocycles. The number of halogens is 2. The molecule has 1 aromatic heterocycles. The van der Waals surface area contributed by atoms with Gasteiger partial charge in [0.05, 0.1) is 5.92 Å². The van der Waals surface area contributed by atoms with Crippen molar-refractivity contribution in [1.82, 2.24) is 0 Å². The maximum atomic E-state index is 14.6. The minimum atomic E-state index is -0.785. The second kappa shape index (κ2) is 8.05. The van der Waals surface area contributed by atoms with Gasteiger partial charge in [0.1, 0.15) is 40.4 Å². The van der Waals surface area contributed by atoms with E-state index in [1.165, 1.54) is 36.4 Å². The van der Waals surface area contributed by atoms with Crippen molar-refractivity contribution in [3.05, 3.63) is 106 Å². The molecule has 0 spiro atoms. The average molecular weight is 458 g/mol. The molecule has 4 aromatic rings. The fourth-order valence-corrected chi connectivity index (χ4v) is 4.07.